The van der Waals surface area contributed by atoms with E-state index in [0.717, 1.165) is 36.0 Å². The van der Waals surface area contributed by atoms with Crippen LogP contribution in [-0.4, -0.2) is 45.4 Å². The Morgan fingerprint density at radius 1 is 1.17 bits per heavy atom. The molecule has 6 nitrogen and oxygen atoms in total. The summed E-state index contributed by atoms with van der Waals surface area (Å²) in [4.78, 5) is 14.3. The number of benzene rings is 2. The number of piperidine rings is 1. The largest absolute Gasteiger partial charge is 0.417 e. The molecule has 1 aliphatic heterocycles. The normalized spacial score (nSPS) is 16.1. The fourth-order valence-electron chi connectivity index (χ4n) is 3.70. The first kappa shape index (κ1) is 20.6. The SMILES string of the molecule is O=C(CN1CCC(n2nnc3ccccc32)CC1)Nc1ccc(Cl)c(C(F)(F)F)c1. The Kier molecular flexibility index (Phi) is 5.66. The molecule has 2 aromatic carbocycles. The standard InChI is InChI=1S/C20H19ClF3N5O/c21-16-6-5-13(11-15(16)20(22,23)24)25-19(30)12-28-9-7-14(8-10-28)29-18-4-2-1-3-17(18)26-27-29/h1-6,11,14H,7-10,12H2,(H,25,30). The molecule has 0 spiro atoms. The molecule has 2 heterocycles. The van der Waals surface area contributed by atoms with E-state index in [0.29, 0.717) is 13.1 Å². The third-order valence-electron chi connectivity index (χ3n) is 5.20. The number of halogens is 4. The fourth-order valence-corrected chi connectivity index (χ4v) is 3.93. The lowest BCUT2D eigenvalue weighted by molar-refractivity contribution is -0.137. The fraction of sp³-hybridized carbons (Fsp3) is 0.350. The Bertz CT molecular complexity index is 1060. The minimum atomic E-state index is -4.58. The summed E-state index contributed by atoms with van der Waals surface area (Å²) in [5.74, 6) is -0.366. The average molecular weight is 438 g/mol. The number of carbonyl (C=O) groups is 1. The first-order valence-corrected chi connectivity index (χ1v) is 9.88. The number of amides is 1. The van der Waals surface area contributed by atoms with Crippen LogP contribution in [-0.2, 0) is 11.0 Å². The van der Waals surface area contributed by atoms with Crippen molar-refractivity contribution in [3.05, 3.63) is 53.1 Å². The van der Waals surface area contributed by atoms with Crippen LogP contribution >= 0.6 is 11.6 Å². The number of nitrogens with one attached hydrogen (secondary N) is 1. The van der Waals surface area contributed by atoms with Crippen LogP contribution < -0.4 is 5.32 Å². The van der Waals surface area contributed by atoms with Crippen LogP contribution in [0.2, 0.25) is 5.02 Å². The minimum absolute atomic E-state index is 0.0701. The molecule has 1 amide bonds. The smallest absolute Gasteiger partial charge is 0.325 e. The molecule has 0 aliphatic carbocycles. The van der Waals surface area contributed by atoms with Gasteiger partial charge in [0, 0.05) is 18.8 Å². The van der Waals surface area contributed by atoms with E-state index < -0.39 is 16.8 Å². The lowest BCUT2D eigenvalue weighted by atomic mass is 10.0. The lowest BCUT2D eigenvalue weighted by Crippen LogP contribution is -2.39. The summed E-state index contributed by atoms with van der Waals surface area (Å²) in [5.41, 5.74) is 0.931. The van der Waals surface area contributed by atoms with E-state index in [4.69, 9.17) is 11.6 Å². The Morgan fingerprint density at radius 3 is 2.63 bits per heavy atom. The number of likely N-dealkylation sites (tertiary alicyclic amines) is 1. The topological polar surface area (TPSA) is 63.1 Å². The van der Waals surface area contributed by atoms with E-state index in [2.05, 4.69) is 15.6 Å². The van der Waals surface area contributed by atoms with Crippen molar-refractivity contribution in [3.63, 3.8) is 0 Å². The summed E-state index contributed by atoms with van der Waals surface area (Å²) < 4.78 is 40.8. The Morgan fingerprint density at radius 2 is 1.90 bits per heavy atom. The molecule has 0 saturated carbocycles. The molecule has 1 aliphatic rings. The van der Waals surface area contributed by atoms with Gasteiger partial charge in [-0.05, 0) is 43.2 Å². The highest BCUT2D eigenvalue weighted by atomic mass is 35.5. The van der Waals surface area contributed by atoms with Crippen LogP contribution in [0.4, 0.5) is 18.9 Å². The van der Waals surface area contributed by atoms with Crippen molar-refractivity contribution in [2.75, 3.05) is 25.0 Å². The molecule has 10 heteroatoms. The summed E-state index contributed by atoms with van der Waals surface area (Å²) in [5, 5.41) is 10.6. The molecule has 1 saturated heterocycles. The number of alkyl halides is 3. The molecule has 0 unspecified atom stereocenters. The average Bonchev–Trinajstić information content (AvgIpc) is 3.13. The molecule has 30 heavy (non-hydrogen) atoms. The van der Waals surface area contributed by atoms with Crippen LogP contribution in [0.15, 0.2) is 42.5 Å². The van der Waals surface area contributed by atoms with Crippen molar-refractivity contribution in [2.45, 2.75) is 25.1 Å². The van der Waals surface area contributed by atoms with Gasteiger partial charge in [0.05, 0.1) is 28.7 Å². The zero-order chi connectivity index (χ0) is 21.3. The number of nitrogens with zero attached hydrogens (tertiary/aromatic N) is 4. The van der Waals surface area contributed by atoms with Crippen LogP contribution in [0.3, 0.4) is 0 Å². The van der Waals surface area contributed by atoms with Crippen molar-refractivity contribution in [2.24, 2.45) is 0 Å². The minimum Gasteiger partial charge on any atom is -0.325 e. The highest BCUT2D eigenvalue weighted by Crippen LogP contribution is 2.36. The van der Waals surface area contributed by atoms with Crippen LogP contribution in [0.5, 0.6) is 0 Å². The lowest BCUT2D eigenvalue weighted by Gasteiger charge is -2.31. The number of anilines is 1. The van der Waals surface area contributed by atoms with Crippen molar-refractivity contribution in [3.8, 4) is 0 Å². The van der Waals surface area contributed by atoms with Crippen molar-refractivity contribution in [1.29, 1.82) is 0 Å². The number of para-hydroxylation sites is 1. The molecular weight excluding hydrogens is 419 g/mol. The summed E-state index contributed by atoms with van der Waals surface area (Å²) in [6, 6.07) is 11.3. The number of fused-ring (bicyclic) bond motifs is 1. The molecule has 1 aromatic heterocycles. The molecular formula is C20H19ClF3N5O. The summed E-state index contributed by atoms with van der Waals surface area (Å²) in [6.07, 6.45) is -2.97. The molecule has 0 atom stereocenters. The highest BCUT2D eigenvalue weighted by molar-refractivity contribution is 6.31. The van der Waals surface area contributed by atoms with Crippen LogP contribution in [0.1, 0.15) is 24.4 Å². The number of hydrogen-bond acceptors (Lipinski definition) is 4. The van der Waals surface area contributed by atoms with E-state index in [1.54, 1.807) is 0 Å². The van der Waals surface area contributed by atoms with Crippen LogP contribution in [0.25, 0.3) is 11.0 Å². The van der Waals surface area contributed by atoms with Gasteiger partial charge in [-0.2, -0.15) is 13.2 Å². The summed E-state index contributed by atoms with van der Waals surface area (Å²) in [6.45, 7) is 1.47. The van der Waals surface area contributed by atoms with E-state index in [1.165, 1.54) is 6.07 Å². The molecule has 158 valence electrons. The van der Waals surface area contributed by atoms with E-state index >= 15 is 0 Å². The quantitative estimate of drug-likeness (QED) is 0.658. The number of aromatic nitrogens is 3. The summed E-state index contributed by atoms with van der Waals surface area (Å²) >= 11 is 5.61. The Labute approximate surface area is 175 Å². The second-order valence-corrected chi connectivity index (χ2v) is 7.68. The first-order valence-electron chi connectivity index (χ1n) is 9.50. The second-order valence-electron chi connectivity index (χ2n) is 7.27. The van der Waals surface area contributed by atoms with Gasteiger partial charge in [0.2, 0.25) is 5.91 Å². The molecule has 3 aromatic rings. The first-order chi connectivity index (χ1) is 14.3. The van der Waals surface area contributed by atoms with Gasteiger partial charge in [0.1, 0.15) is 5.52 Å². The van der Waals surface area contributed by atoms with E-state index in [-0.39, 0.29) is 24.2 Å². The van der Waals surface area contributed by atoms with Crippen molar-refractivity contribution in [1.82, 2.24) is 19.9 Å². The predicted molar refractivity (Wildman–Crippen MR) is 107 cm³/mol. The van der Waals surface area contributed by atoms with Crippen molar-refractivity contribution >= 4 is 34.2 Å². The van der Waals surface area contributed by atoms with Gasteiger partial charge >= 0.3 is 6.18 Å². The maximum atomic E-state index is 13.0. The zero-order valence-corrected chi connectivity index (χ0v) is 16.6. The Balaban J connectivity index is 1.34. The monoisotopic (exact) mass is 437 g/mol. The van der Waals surface area contributed by atoms with Gasteiger partial charge in [-0.15, -0.1) is 5.10 Å². The van der Waals surface area contributed by atoms with Gasteiger partial charge in [0.15, 0.2) is 0 Å². The van der Waals surface area contributed by atoms with Gasteiger partial charge in [-0.1, -0.05) is 28.9 Å². The highest BCUT2D eigenvalue weighted by Gasteiger charge is 2.33. The third-order valence-corrected chi connectivity index (χ3v) is 5.53. The van der Waals surface area contributed by atoms with Gasteiger partial charge < -0.3 is 5.32 Å². The van der Waals surface area contributed by atoms with Gasteiger partial charge in [-0.3, -0.25) is 9.69 Å². The second kappa shape index (κ2) is 8.23. The maximum absolute atomic E-state index is 13.0. The van der Waals surface area contributed by atoms with Gasteiger partial charge in [-0.25, -0.2) is 4.68 Å². The maximum Gasteiger partial charge on any atom is 0.417 e. The third kappa shape index (κ3) is 4.41. The van der Waals surface area contributed by atoms with Crippen LogP contribution in [0, 0.1) is 0 Å². The molecule has 0 radical (unpaired) electrons. The van der Waals surface area contributed by atoms with E-state index in [9.17, 15) is 18.0 Å². The van der Waals surface area contributed by atoms with E-state index in [1.807, 2.05) is 33.8 Å². The number of carbonyl (C=O) groups excluding carboxylic acids is 1. The molecule has 1 fully saturated rings. The number of hydrogen-bond donors (Lipinski definition) is 1. The van der Waals surface area contributed by atoms with Crippen molar-refractivity contribution < 1.29 is 18.0 Å². The molecule has 4 rings (SSSR count). The zero-order valence-electron chi connectivity index (χ0n) is 15.9. The number of rotatable bonds is 4. The molecule has 1 N–H and O–H groups in total. The molecule has 0 bridgehead atoms. The van der Waals surface area contributed by atoms with Gasteiger partial charge in [0.25, 0.3) is 0 Å². The predicted octanol–water partition coefficient (Wildman–Crippen LogP) is 4.38. The Hall–Kier alpha value is -2.65. The summed E-state index contributed by atoms with van der Waals surface area (Å²) in [7, 11) is 0.